The largest absolute Gasteiger partial charge is 0.369 e. The number of hydrogen-bond donors (Lipinski definition) is 1. The molecule has 4 nitrogen and oxygen atoms in total. The molecule has 0 aliphatic carbocycles. The summed E-state index contributed by atoms with van der Waals surface area (Å²) in [5, 5.41) is 3.16. The highest BCUT2D eigenvalue weighted by atomic mass is 16.5. The third-order valence-electron chi connectivity index (χ3n) is 2.13. The van der Waals surface area contributed by atoms with Gasteiger partial charge in [-0.2, -0.15) is 0 Å². The highest BCUT2D eigenvalue weighted by Crippen LogP contribution is 2.04. The van der Waals surface area contributed by atoms with Crippen LogP contribution in [-0.2, 0) is 18.4 Å². The minimum atomic E-state index is 0.403. The Morgan fingerprint density at radius 3 is 3.08 bits per heavy atom. The summed E-state index contributed by atoms with van der Waals surface area (Å²) in [7, 11) is 1.98. The summed E-state index contributed by atoms with van der Waals surface area (Å²) in [6, 6.07) is 0. The molecule has 1 aromatic rings. The second-order valence-electron chi connectivity index (χ2n) is 3.09. The van der Waals surface area contributed by atoms with Crippen molar-refractivity contribution in [3.8, 4) is 0 Å². The van der Waals surface area contributed by atoms with Crippen molar-refractivity contribution < 1.29 is 4.74 Å². The lowest BCUT2D eigenvalue weighted by molar-refractivity contribution is 0.00509. The maximum Gasteiger partial charge on any atom is 0.0946 e. The molecule has 1 N–H and O–H groups in total. The van der Waals surface area contributed by atoms with Gasteiger partial charge in [0.15, 0.2) is 0 Å². The van der Waals surface area contributed by atoms with E-state index in [9.17, 15) is 0 Å². The topological polar surface area (TPSA) is 39.1 Å². The Bertz CT molecular complexity index is 255. The maximum atomic E-state index is 5.58. The van der Waals surface area contributed by atoms with Gasteiger partial charge >= 0.3 is 0 Å². The van der Waals surface area contributed by atoms with Crippen molar-refractivity contribution in [1.29, 1.82) is 0 Å². The Morgan fingerprint density at radius 2 is 2.58 bits per heavy atom. The summed E-state index contributed by atoms with van der Waals surface area (Å²) in [6.45, 7) is 2.64. The normalized spacial score (nSPS) is 17.8. The van der Waals surface area contributed by atoms with Crippen molar-refractivity contribution in [2.24, 2.45) is 7.05 Å². The highest BCUT2D eigenvalue weighted by Gasteiger charge is 2.17. The number of rotatable bonds is 3. The van der Waals surface area contributed by atoms with Crippen molar-refractivity contribution in [3.63, 3.8) is 0 Å². The second kappa shape index (κ2) is 3.25. The molecule has 2 heterocycles. The maximum absolute atomic E-state index is 5.58. The van der Waals surface area contributed by atoms with Crippen LogP contribution in [0.2, 0.25) is 0 Å². The van der Waals surface area contributed by atoms with Gasteiger partial charge in [-0.15, -0.1) is 0 Å². The van der Waals surface area contributed by atoms with E-state index in [0.717, 1.165) is 18.8 Å². The van der Waals surface area contributed by atoms with Gasteiger partial charge in [-0.05, 0) is 0 Å². The van der Waals surface area contributed by atoms with E-state index < -0.39 is 0 Å². The van der Waals surface area contributed by atoms with Crippen LogP contribution in [0.15, 0.2) is 12.5 Å². The summed E-state index contributed by atoms with van der Waals surface area (Å²) >= 11 is 0. The van der Waals surface area contributed by atoms with Crippen molar-refractivity contribution in [2.45, 2.75) is 12.7 Å². The van der Waals surface area contributed by atoms with E-state index in [1.165, 1.54) is 0 Å². The van der Waals surface area contributed by atoms with Crippen LogP contribution >= 0.6 is 0 Å². The predicted octanol–water partition coefficient (Wildman–Crippen LogP) is -0.0915. The number of imidazole rings is 1. The molecule has 12 heavy (non-hydrogen) atoms. The SMILES string of the molecule is Cn1cncc1COC1CNC1. The standard InChI is InChI=1S/C8H13N3O/c1-11-6-10-2-7(11)5-12-8-3-9-4-8/h2,6,8-9H,3-5H2,1H3. The molecule has 4 heteroatoms. The molecule has 0 radical (unpaired) electrons. The second-order valence-corrected chi connectivity index (χ2v) is 3.09. The first-order valence-corrected chi connectivity index (χ1v) is 4.14. The van der Waals surface area contributed by atoms with Gasteiger partial charge in [-0.25, -0.2) is 4.98 Å². The van der Waals surface area contributed by atoms with Crippen LogP contribution in [-0.4, -0.2) is 28.7 Å². The van der Waals surface area contributed by atoms with E-state index in [1.807, 2.05) is 17.8 Å². The third-order valence-corrected chi connectivity index (χ3v) is 2.13. The molecule has 0 aromatic carbocycles. The van der Waals surface area contributed by atoms with Gasteiger partial charge in [-0.1, -0.05) is 0 Å². The fourth-order valence-electron chi connectivity index (χ4n) is 1.11. The summed E-state index contributed by atoms with van der Waals surface area (Å²) in [6.07, 6.45) is 4.03. The summed E-state index contributed by atoms with van der Waals surface area (Å²) in [5.41, 5.74) is 1.13. The molecule has 1 fully saturated rings. The number of nitrogens with one attached hydrogen (secondary N) is 1. The Balaban J connectivity index is 1.82. The van der Waals surface area contributed by atoms with Crippen LogP contribution in [0, 0.1) is 0 Å². The molecule has 1 aliphatic rings. The molecule has 0 unspecified atom stereocenters. The first-order valence-electron chi connectivity index (χ1n) is 4.14. The molecule has 0 bridgehead atoms. The Labute approximate surface area is 71.6 Å². The zero-order chi connectivity index (χ0) is 8.39. The molecule has 0 atom stereocenters. The van der Waals surface area contributed by atoms with E-state index >= 15 is 0 Å². The zero-order valence-corrected chi connectivity index (χ0v) is 7.16. The summed E-state index contributed by atoms with van der Waals surface area (Å²) in [5.74, 6) is 0. The van der Waals surface area contributed by atoms with Crippen LogP contribution in [0.5, 0.6) is 0 Å². The monoisotopic (exact) mass is 167 g/mol. The van der Waals surface area contributed by atoms with Crippen LogP contribution in [0.25, 0.3) is 0 Å². The number of aromatic nitrogens is 2. The average molecular weight is 167 g/mol. The van der Waals surface area contributed by atoms with Crippen LogP contribution in [0.1, 0.15) is 5.69 Å². The van der Waals surface area contributed by atoms with Gasteiger partial charge in [0.1, 0.15) is 0 Å². The smallest absolute Gasteiger partial charge is 0.0946 e. The van der Waals surface area contributed by atoms with E-state index in [-0.39, 0.29) is 0 Å². The van der Waals surface area contributed by atoms with E-state index in [0.29, 0.717) is 12.7 Å². The minimum Gasteiger partial charge on any atom is -0.369 e. The van der Waals surface area contributed by atoms with Gasteiger partial charge in [0.25, 0.3) is 0 Å². The Morgan fingerprint density at radius 1 is 1.75 bits per heavy atom. The molecule has 1 aromatic heterocycles. The number of ether oxygens (including phenoxy) is 1. The van der Waals surface area contributed by atoms with E-state index in [1.54, 1.807) is 6.33 Å². The van der Waals surface area contributed by atoms with Crippen LogP contribution in [0.3, 0.4) is 0 Å². The molecule has 2 rings (SSSR count). The molecular formula is C8H13N3O. The quantitative estimate of drug-likeness (QED) is 0.683. The lowest BCUT2D eigenvalue weighted by Gasteiger charge is -2.26. The fraction of sp³-hybridized carbons (Fsp3) is 0.625. The molecule has 0 saturated carbocycles. The van der Waals surface area contributed by atoms with Crippen molar-refractivity contribution in [3.05, 3.63) is 18.2 Å². The number of aryl methyl sites for hydroxylation is 1. The lowest BCUT2D eigenvalue weighted by Crippen LogP contribution is -2.48. The van der Waals surface area contributed by atoms with Crippen molar-refractivity contribution >= 4 is 0 Å². The Hall–Kier alpha value is -0.870. The molecule has 0 spiro atoms. The van der Waals surface area contributed by atoms with Gasteiger partial charge in [-0.3, -0.25) is 0 Å². The minimum absolute atomic E-state index is 0.403. The average Bonchev–Trinajstić information content (AvgIpc) is 2.33. The third kappa shape index (κ3) is 1.49. The molecule has 0 amide bonds. The first kappa shape index (κ1) is 7.76. The summed E-state index contributed by atoms with van der Waals surface area (Å²) < 4.78 is 7.56. The molecule has 66 valence electrons. The highest BCUT2D eigenvalue weighted by molar-refractivity contribution is 4.95. The number of nitrogens with zero attached hydrogens (tertiary/aromatic N) is 2. The van der Waals surface area contributed by atoms with Gasteiger partial charge < -0.3 is 14.6 Å². The summed E-state index contributed by atoms with van der Waals surface area (Å²) in [4.78, 5) is 4.01. The van der Waals surface area contributed by atoms with E-state index in [4.69, 9.17) is 4.74 Å². The number of hydrogen-bond acceptors (Lipinski definition) is 3. The fourth-order valence-corrected chi connectivity index (χ4v) is 1.11. The molecular weight excluding hydrogens is 154 g/mol. The van der Waals surface area contributed by atoms with Gasteiger partial charge in [0.05, 0.1) is 30.9 Å². The van der Waals surface area contributed by atoms with Crippen molar-refractivity contribution in [2.75, 3.05) is 13.1 Å². The zero-order valence-electron chi connectivity index (χ0n) is 7.16. The molecule has 1 saturated heterocycles. The van der Waals surface area contributed by atoms with Gasteiger partial charge in [0.2, 0.25) is 0 Å². The predicted molar refractivity (Wildman–Crippen MR) is 44.7 cm³/mol. The first-order chi connectivity index (χ1) is 5.86. The van der Waals surface area contributed by atoms with E-state index in [2.05, 4.69) is 10.3 Å². The van der Waals surface area contributed by atoms with Crippen LogP contribution < -0.4 is 5.32 Å². The van der Waals surface area contributed by atoms with Gasteiger partial charge in [0, 0.05) is 20.1 Å². The Kier molecular flexibility index (Phi) is 2.10. The van der Waals surface area contributed by atoms with Crippen LogP contribution in [0.4, 0.5) is 0 Å². The molecule has 1 aliphatic heterocycles. The van der Waals surface area contributed by atoms with Crippen molar-refractivity contribution in [1.82, 2.24) is 14.9 Å². The lowest BCUT2D eigenvalue weighted by atomic mass is 10.2.